The maximum absolute atomic E-state index is 12.9. The van der Waals surface area contributed by atoms with Crippen LogP contribution in [0.3, 0.4) is 0 Å². The number of aromatic nitrogens is 1. The summed E-state index contributed by atoms with van der Waals surface area (Å²) in [5.74, 6) is 0.748. The first-order valence-electron chi connectivity index (χ1n) is 9.29. The van der Waals surface area contributed by atoms with Crippen LogP contribution in [-0.2, 0) is 4.79 Å². The average molecular weight is 358 g/mol. The molecule has 5 heteroatoms. The Bertz CT molecular complexity index is 726. The van der Waals surface area contributed by atoms with Crippen molar-refractivity contribution in [3.8, 4) is 6.08 Å². The number of oxazole rings is 1. The molecule has 5 nitrogen and oxygen atoms in total. The number of nitrogens with zero attached hydrogens (tertiary/aromatic N) is 2. The molecule has 2 rings (SSSR count). The fourth-order valence-corrected chi connectivity index (χ4v) is 2.94. The van der Waals surface area contributed by atoms with Crippen LogP contribution in [0.4, 0.5) is 0 Å². The molecule has 0 unspecified atom stereocenters. The predicted octanol–water partition coefficient (Wildman–Crippen LogP) is 5.03. The molecule has 0 saturated heterocycles. The standard InChI is InChI=1S/C21H30N2O3/c1-14(2)11-17(12-15(3)4)23(16(5)6)20(24)13-25-21-22-18-9-7-8-10-19(18)26-21/h7-11,14-16H,12-13H2,1-6H3. The fourth-order valence-electron chi connectivity index (χ4n) is 2.94. The number of hydrogen-bond acceptors (Lipinski definition) is 4. The van der Waals surface area contributed by atoms with Gasteiger partial charge in [0.05, 0.1) is 0 Å². The largest absolute Gasteiger partial charge is 0.440 e. The Labute approximate surface area is 156 Å². The first-order chi connectivity index (χ1) is 12.3. The lowest BCUT2D eigenvalue weighted by Crippen LogP contribution is -2.40. The molecule has 26 heavy (non-hydrogen) atoms. The van der Waals surface area contributed by atoms with Crippen molar-refractivity contribution < 1.29 is 13.9 Å². The van der Waals surface area contributed by atoms with Crippen molar-refractivity contribution in [3.63, 3.8) is 0 Å². The van der Waals surface area contributed by atoms with Gasteiger partial charge in [0, 0.05) is 11.7 Å². The van der Waals surface area contributed by atoms with E-state index in [0.29, 0.717) is 17.4 Å². The molecule has 0 radical (unpaired) electrons. The summed E-state index contributed by atoms with van der Waals surface area (Å²) in [4.78, 5) is 19.0. The normalized spacial score (nSPS) is 12.4. The van der Waals surface area contributed by atoms with Crippen molar-refractivity contribution in [1.82, 2.24) is 9.88 Å². The Kier molecular flexibility index (Phi) is 6.83. The summed E-state index contributed by atoms with van der Waals surface area (Å²) in [5, 5.41) is 0. The van der Waals surface area contributed by atoms with Crippen LogP contribution in [0, 0.1) is 11.8 Å². The molecule has 1 aromatic carbocycles. The molecular weight excluding hydrogens is 328 g/mol. The third kappa shape index (κ3) is 5.35. The smallest absolute Gasteiger partial charge is 0.395 e. The van der Waals surface area contributed by atoms with Gasteiger partial charge in [-0.25, -0.2) is 0 Å². The minimum atomic E-state index is -0.0987. The number of benzene rings is 1. The predicted molar refractivity (Wildman–Crippen MR) is 104 cm³/mol. The Balaban J connectivity index is 2.13. The van der Waals surface area contributed by atoms with Crippen LogP contribution in [0.5, 0.6) is 6.08 Å². The van der Waals surface area contributed by atoms with Crippen LogP contribution >= 0.6 is 0 Å². The first kappa shape index (κ1) is 20.0. The lowest BCUT2D eigenvalue weighted by molar-refractivity contribution is -0.133. The molecular formula is C21H30N2O3. The molecule has 0 atom stereocenters. The maximum atomic E-state index is 12.9. The zero-order valence-corrected chi connectivity index (χ0v) is 16.7. The molecule has 2 aromatic rings. The number of carbonyl (C=O) groups excluding carboxylic acids is 1. The molecule has 0 aliphatic rings. The summed E-state index contributed by atoms with van der Waals surface area (Å²) in [6, 6.07) is 7.48. The van der Waals surface area contributed by atoms with Gasteiger partial charge in [-0.15, -0.1) is 0 Å². The molecule has 1 aromatic heterocycles. The number of carbonyl (C=O) groups is 1. The molecule has 142 valence electrons. The lowest BCUT2D eigenvalue weighted by Gasteiger charge is -2.31. The molecule has 0 spiro atoms. The molecule has 1 heterocycles. The Hall–Kier alpha value is -2.30. The highest BCUT2D eigenvalue weighted by atomic mass is 16.6. The average Bonchev–Trinajstić information content (AvgIpc) is 2.94. The number of ether oxygens (including phenoxy) is 1. The van der Waals surface area contributed by atoms with E-state index in [2.05, 4.69) is 38.8 Å². The summed E-state index contributed by atoms with van der Waals surface area (Å²) in [6.45, 7) is 12.5. The van der Waals surface area contributed by atoms with Crippen LogP contribution in [-0.4, -0.2) is 28.4 Å². The number of rotatable bonds is 8. The van der Waals surface area contributed by atoms with Gasteiger partial charge in [0.1, 0.15) is 5.52 Å². The summed E-state index contributed by atoms with van der Waals surface area (Å²) in [7, 11) is 0. The van der Waals surface area contributed by atoms with E-state index in [0.717, 1.165) is 17.6 Å². The molecule has 0 aliphatic carbocycles. The summed E-state index contributed by atoms with van der Waals surface area (Å²) in [5.41, 5.74) is 2.42. The quantitative estimate of drug-likeness (QED) is 0.664. The van der Waals surface area contributed by atoms with Crippen LogP contribution in [0.2, 0.25) is 0 Å². The Morgan fingerprint density at radius 2 is 1.88 bits per heavy atom. The van der Waals surface area contributed by atoms with Crippen molar-refractivity contribution >= 4 is 17.0 Å². The van der Waals surface area contributed by atoms with Crippen molar-refractivity contribution in [3.05, 3.63) is 36.0 Å². The minimum Gasteiger partial charge on any atom is -0.440 e. The van der Waals surface area contributed by atoms with E-state index in [1.165, 1.54) is 0 Å². The third-order valence-electron chi connectivity index (χ3n) is 3.83. The van der Waals surface area contributed by atoms with Gasteiger partial charge in [-0.05, 0) is 44.2 Å². The highest BCUT2D eigenvalue weighted by molar-refractivity contribution is 5.80. The minimum absolute atomic E-state index is 0.0542. The van der Waals surface area contributed by atoms with Gasteiger partial charge in [-0.2, -0.15) is 4.98 Å². The second-order valence-electron chi connectivity index (χ2n) is 7.59. The third-order valence-corrected chi connectivity index (χ3v) is 3.83. The van der Waals surface area contributed by atoms with Crippen molar-refractivity contribution in [2.45, 2.75) is 54.0 Å². The van der Waals surface area contributed by atoms with Crippen molar-refractivity contribution in [1.29, 1.82) is 0 Å². The first-order valence-corrected chi connectivity index (χ1v) is 9.29. The zero-order valence-electron chi connectivity index (χ0n) is 16.7. The van der Waals surface area contributed by atoms with Gasteiger partial charge in [-0.1, -0.05) is 45.9 Å². The van der Waals surface area contributed by atoms with Crippen molar-refractivity contribution in [2.24, 2.45) is 11.8 Å². The highest BCUT2D eigenvalue weighted by Crippen LogP contribution is 2.22. The topological polar surface area (TPSA) is 55.6 Å². The van der Waals surface area contributed by atoms with Gasteiger partial charge >= 0.3 is 6.08 Å². The number of fused-ring (bicyclic) bond motifs is 1. The van der Waals surface area contributed by atoms with Gasteiger partial charge in [0.2, 0.25) is 0 Å². The summed E-state index contributed by atoms with van der Waals surface area (Å²) < 4.78 is 11.1. The van der Waals surface area contributed by atoms with Crippen LogP contribution < -0.4 is 4.74 Å². The summed E-state index contributed by atoms with van der Waals surface area (Å²) in [6.07, 6.45) is 3.14. The Morgan fingerprint density at radius 1 is 1.19 bits per heavy atom. The molecule has 0 aliphatic heterocycles. The number of para-hydroxylation sites is 2. The van der Waals surface area contributed by atoms with Crippen LogP contribution in [0.1, 0.15) is 48.0 Å². The SMILES string of the molecule is CC(C)C=C(CC(C)C)N(C(=O)COc1nc2ccccc2o1)C(C)C. The lowest BCUT2D eigenvalue weighted by atomic mass is 10.0. The number of amides is 1. The maximum Gasteiger partial charge on any atom is 0.395 e. The fraction of sp³-hybridized carbons (Fsp3) is 0.524. The Morgan fingerprint density at radius 3 is 2.46 bits per heavy atom. The monoisotopic (exact) mass is 358 g/mol. The van der Waals surface area contributed by atoms with E-state index in [-0.39, 0.29) is 24.6 Å². The van der Waals surface area contributed by atoms with Gasteiger partial charge in [0.15, 0.2) is 12.2 Å². The highest BCUT2D eigenvalue weighted by Gasteiger charge is 2.23. The number of hydrogen-bond donors (Lipinski definition) is 0. The number of allylic oxidation sites excluding steroid dienone is 2. The van der Waals surface area contributed by atoms with E-state index in [1.807, 2.05) is 43.0 Å². The molecule has 0 fully saturated rings. The van der Waals surface area contributed by atoms with E-state index >= 15 is 0 Å². The molecule has 0 bridgehead atoms. The van der Waals surface area contributed by atoms with E-state index in [9.17, 15) is 4.79 Å². The zero-order chi connectivity index (χ0) is 19.3. The van der Waals surface area contributed by atoms with E-state index in [4.69, 9.17) is 9.15 Å². The molecule has 0 N–H and O–H groups in total. The second kappa shape index (κ2) is 8.88. The summed E-state index contributed by atoms with van der Waals surface area (Å²) >= 11 is 0. The van der Waals surface area contributed by atoms with Gasteiger partial charge in [0.25, 0.3) is 5.91 Å². The van der Waals surface area contributed by atoms with Crippen LogP contribution in [0.15, 0.2) is 40.5 Å². The van der Waals surface area contributed by atoms with E-state index < -0.39 is 0 Å². The van der Waals surface area contributed by atoms with Crippen molar-refractivity contribution in [2.75, 3.05) is 6.61 Å². The van der Waals surface area contributed by atoms with Gasteiger partial charge < -0.3 is 14.1 Å². The van der Waals surface area contributed by atoms with Crippen LogP contribution in [0.25, 0.3) is 11.1 Å². The second-order valence-corrected chi connectivity index (χ2v) is 7.59. The van der Waals surface area contributed by atoms with Gasteiger partial charge in [-0.3, -0.25) is 4.79 Å². The molecule has 0 saturated carbocycles. The molecule has 1 amide bonds. The van der Waals surface area contributed by atoms with E-state index in [1.54, 1.807) is 0 Å².